The molecule has 2 aromatic heterocycles. The smallest absolute Gasteiger partial charge is 0.261 e. The van der Waals surface area contributed by atoms with Gasteiger partial charge in [-0.2, -0.15) is 0 Å². The van der Waals surface area contributed by atoms with Crippen molar-refractivity contribution in [1.29, 1.82) is 0 Å². The maximum atomic E-state index is 12.9. The zero-order valence-corrected chi connectivity index (χ0v) is 20.5. The van der Waals surface area contributed by atoms with E-state index in [1.807, 2.05) is 19.1 Å². The number of fused-ring (bicyclic) bond motifs is 3. The highest BCUT2D eigenvalue weighted by Gasteiger charge is 2.19. The van der Waals surface area contributed by atoms with E-state index in [2.05, 4.69) is 4.72 Å². The summed E-state index contributed by atoms with van der Waals surface area (Å²) >= 11 is 3.07. The van der Waals surface area contributed by atoms with Crippen molar-refractivity contribution in [3.63, 3.8) is 0 Å². The number of para-hydroxylation sites is 1. The molecule has 170 valence electrons. The summed E-state index contributed by atoms with van der Waals surface area (Å²) < 4.78 is 30.2. The van der Waals surface area contributed by atoms with Crippen molar-refractivity contribution in [2.75, 3.05) is 4.72 Å². The molecule has 1 aliphatic rings. The molecule has 0 aliphatic heterocycles. The summed E-state index contributed by atoms with van der Waals surface area (Å²) in [6, 6.07) is 15.6. The third-order valence-corrected chi connectivity index (χ3v) is 9.28. The fourth-order valence-electron chi connectivity index (χ4n) is 3.97. The number of aromatic nitrogens is 2. The van der Waals surface area contributed by atoms with Crippen molar-refractivity contribution in [2.45, 2.75) is 48.2 Å². The Labute approximate surface area is 200 Å². The van der Waals surface area contributed by atoms with Gasteiger partial charge >= 0.3 is 0 Å². The topological polar surface area (TPSA) is 80.5 Å². The van der Waals surface area contributed by atoms with Crippen molar-refractivity contribution in [1.82, 2.24) is 9.38 Å². The summed E-state index contributed by atoms with van der Waals surface area (Å²) in [5, 5.41) is 0. The van der Waals surface area contributed by atoms with Crippen LogP contribution in [0.4, 0.5) is 5.69 Å². The number of rotatable bonds is 6. The number of hydrogen-bond donors (Lipinski definition) is 1. The summed E-state index contributed by atoms with van der Waals surface area (Å²) in [5.74, 6) is 0.470. The standard InChI is InChI=1S/C24H23N3O3S3/c1-16-10-12-18(13-11-16)33(29,30)26-19-6-2-4-8-21(19)31-15-17-14-23(28)27-20-7-3-5-9-22(20)32-24(27)25-17/h2,4,6,8,10-14,26H,3,5,7,9,15H2,1H3. The van der Waals surface area contributed by atoms with Gasteiger partial charge in [-0.3, -0.25) is 13.9 Å². The SMILES string of the molecule is Cc1ccc(S(=O)(=O)Nc2ccccc2SCc2cc(=O)n3c4c(sc3n2)CCCC4)cc1. The second-order valence-corrected chi connectivity index (χ2v) is 11.8. The predicted molar refractivity (Wildman–Crippen MR) is 134 cm³/mol. The van der Waals surface area contributed by atoms with Crippen LogP contribution in [0.2, 0.25) is 0 Å². The van der Waals surface area contributed by atoms with Crippen molar-refractivity contribution in [3.05, 3.63) is 86.8 Å². The molecule has 1 N–H and O–H groups in total. The van der Waals surface area contributed by atoms with E-state index >= 15 is 0 Å². The van der Waals surface area contributed by atoms with Gasteiger partial charge in [0.15, 0.2) is 4.96 Å². The molecule has 0 spiro atoms. The molecular formula is C24H23N3O3S3. The Kier molecular flexibility index (Phi) is 6.03. The van der Waals surface area contributed by atoms with Gasteiger partial charge in [0.1, 0.15) is 0 Å². The Hall–Kier alpha value is -2.62. The van der Waals surface area contributed by atoms with Gasteiger partial charge < -0.3 is 0 Å². The Bertz CT molecular complexity index is 1490. The van der Waals surface area contributed by atoms with Crippen LogP contribution in [-0.2, 0) is 28.6 Å². The second-order valence-electron chi connectivity index (χ2n) is 8.09. The molecule has 4 aromatic rings. The average molecular weight is 498 g/mol. The summed E-state index contributed by atoms with van der Waals surface area (Å²) in [4.78, 5) is 20.6. The monoisotopic (exact) mass is 497 g/mol. The first-order valence-corrected chi connectivity index (χ1v) is 14.0. The first-order chi connectivity index (χ1) is 15.9. The fraction of sp³-hybridized carbons (Fsp3) is 0.250. The third-order valence-electron chi connectivity index (χ3n) is 5.65. The highest BCUT2D eigenvalue weighted by Crippen LogP contribution is 2.32. The first kappa shape index (κ1) is 22.2. The van der Waals surface area contributed by atoms with E-state index in [1.165, 1.54) is 16.6 Å². The summed E-state index contributed by atoms with van der Waals surface area (Å²) in [5.41, 5.74) is 3.28. The van der Waals surface area contributed by atoms with E-state index in [9.17, 15) is 13.2 Å². The Morgan fingerprint density at radius 3 is 2.67 bits per heavy atom. The van der Waals surface area contributed by atoms with Gasteiger partial charge in [-0.05, 0) is 56.9 Å². The minimum Gasteiger partial charge on any atom is -0.278 e. The molecule has 9 heteroatoms. The number of nitrogens with one attached hydrogen (secondary N) is 1. The van der Waals surface area contributed by atoms with Crippen LogP contribution in [0.15, 0.2) is 69.2 Å². The summed E-state index contributed by atoms with van der Waals surface area (Å²) in [6.45, 7) is 1.92. The molecule has 0 saturated heterocycles. The summed E-state index contributed by atoms with van der Waals surface area (Å²) in [7, 11) is -3.70. The number of anilines is 1. The second kappa shape index (κ2) is 8.96. The zero-order valence-electron chi connectivity index (χ0n) is 18.1. The van der Waals surface area contributed by atoms with Crippen LogP contribution in [0.3, 0.4) is 0 Å². The first-order valence-electron chi connectivity index (χ1n) is 10.8. The van der Waals surface area contributed by atoms with E-state index in [0.29, 0.717) is 17.1 Å². The molecule has 0 unspecified atom stereocenters. The van der Waals surface area contributed by atoms with Crippen molar-refractivity contribution in [3.8, 4) is 0 Å². The lowest BCUT2D eigenvalue weighted by Crippen LogP contribution is -2.17. The van der Waals surface area contributed by atoms with Crippen molar-refractivity contribution < 1.29 is 8.42 Å². The minimum atomic E-state index is -3.70. The Balaban J connectivity index is 1.38. The fourth-order valence-corrected chi connectivity index (χ4v) is 7.24. The molecular weight excluding hydrogens is 474 g/mol. The predicted octanol–water partition coefficient (Wildman–Crippen LogP) is 5.04. The normalized spacial score (nSPS) is 13.7. The van der Waals surface area contributed by atoms with Crippen LogP contribution in [-0.4, -0.2) is 17.8 Å². The van der Waals surface area contributed by atoms with Gasteiger partial charge in [0.25, 0.3) is 15.6 Å². The van der Waals surface area contributed by atoms with E-state index in [0.717, 1.165) is 46.8 Å². The number of hydrogen-bond acceptors (Lipinski definition) is 6. The molecule has 6 nitrogen and oxygen atoms in total. The van der Waals surface area contributed by atoms with Gasteiger partial charge in [0, 0.05) is 27.3 Å². The van der Waals surface area contributed by atoms with Gasteiger partial charge in [-0.1, -0.05) is 29.8 Å². The molecule has 2 aromatic carbocycles. The maximum Gasteiger partial charge on any atom is 0.261 e. The highest BCUT2D eigenvalue weighted by atomic mass is 32.2. The molecule has 0 radical (unpaired) electrons. The number of sulfonamides is 1. The molecule has 5 rings (SSSR count). The lowest BCUT2D eigenvalue weighted by molar-refractivity contribution is 0.601. The van der Waals surface area contributed by atoms with Gasteiger partial charge in [0.2, 0.25) is 0 Å². The van der Waals surface area contributed by atoms with Crippen molar-refractivity contribution in [2.24, 2.45) is 0 Å². The molecule has 0 bridgehead atoms. The van der Waals surface area contributed by atoms with Crippen LogP contribution in [0.25, 0.3) is 4.96 Å². The maximum absolute atomic E-state index is 12.9. The van der Waals surface area contributed by atoms with Gasteiger partial charge in [-0.15, -0.1) is 23.1 Å². The number of benzene rings is 2. The van der Waals surface area contributed by atoms with E-state index in [1.54, 1.807) is 58.2 Å². The molecule has 0 amide bonds. The molecule has 2 heterocycles. The zero-order chi connectivity index (χ0) is 23.0. The number of aryl methyl sites for hydroxylation is 3. The third kappa shape index (κ3) is 4.58. The molecule has 0 saturated carbocycles. The molecule has 0 atom stereocenters. The highest BCUT2D eigenvalue weighted by molar-refractivity contribution is 7.98. The molecule has 0 fully saturated rings. The van der Waals surface area contributed by atoms with Crippen LogP contribution >= 0.6 is 23.1 Å². The number of nitrogens with zero attached hydrogens (tertiary/aromatic N) is 2. The lowest BCUT2D eigenvalue weighted by atomic mass is 10.0. The van der Waals surface area contributed by atoms with Gasteiger partial charge in [0.05, 0.1) is 16.3 Å². The quantitative estimate of drug-likeness (QED) is 0.378. The minimum absolute atomic E-state index is 0.0386. The van der Waals surface area contributed by atoms with Gasteiger partial charge in [-0.25, -0.2) is 13.4 Å². The molecule has 33 heavy (non-hydrogen) atoms. The Morgan fingerprint density at radius 1 is 1.09 bits per heavy atom. The van der Waals surface area contributed by atoms with Crippen LogP contribution < -0.4 is 10.3 Å². The van der Waals surface area contributed by atoms with Crippen molar-refractivity contribution >= 4 is 43.8 Å². The van der Waals surface area contributed by atoms with Crippen LogP contribution in [0.5, 0.6) is 0 Å². The Morgan fingerprint density at radius 2 is 1.85 bits per heavy atom. The average Bonchev–Trinajstić information content (AvgIpc) is 3.17. The van der Waals surface area contributed by atoms with Crippen LogP contribution in [0, 0.1) is 6.92 Å². The lowest BCUT2D eigenvalue weighted by Gasteiger charge is -2.12. The number of thioether (sulfide) groups is 1. The van der Waals surface area contributed by atoms with E-state index in [-0.39, 0.29) is 10.5 Å². The molecule has 1 aliphatic carbocycles. The van der Waals surface area contributed by atoms with E-state index in [4.69, 9.17) is 4.98 Å². The van der Waals surface area contributed by atoms with E-state index < -0.39 is 10.0 Å². The largest absolute Gasteiger partial charge is 0.278 e. The summed E-state index contributed by atoms with van der Waals surface area (Å²) in [6.07, 6.45) is 4.21. The number of thiazole rings is 1. The van der Waals surface area contributed by atoms with Crippen LogP contribution in [0.1, 0.15) is 34.7 Å².